The van der Waals surface area contributed by atoms with E-state index in [1.54, 1.807) is 17.8 Å². The maximum absolute atomic E-state index is 13.1. The van der Waals surface area contributed by atoms with Gasteiger partial charge in [-0.25, -0.2) is 4.79 Å². The van der Waals surface area contributed by atoms with Crippen molar-refractivity contribution in [3.63, 3.8) is 0 Å². The van der Waals surface area contributed by atoms with Gasteiger partial charge in [0.1, 0.15) is 11.0 Å². The lowest BCUT2D eigenvalue weighted by atomic mass is 10.0. The van der Waals surface area contributed by atoms with Crippen molar-refractivity contribution in [1.29, 1.82) is 0 Å². The van der Waals surface area contributed by atoms with Crippen LogP contribution in [0.2, 0.25) is 0 Å². The molecule has 1 aromatic heterocycles. The molecule has 0 spiro atoms. The van der Waals surface area contributed by atoms with E-state index in [-0.39, 0.29) is 17.4 Å². The van der Waals surface area contributed by atoms with Crippen molar-refractivity contribution in [2.24, 2.45) is 0 Å². The molecular formula is C30H30N6O3S2. The summed E-state index contributed by atoms with van der Waals surface area (Å²) in [5, 5.41) is 10.7. The largest absolute Gasteiger partial charge is 0.430 e. The fourth-order valence-corrected chi connectivity index (χ4v) is 7.26. The summed E-state index contributed by atoms with van der Waals surface area (Å²) in [5.74, 6) is 0.0401. The molecule has 4 heterocycles. The van der Waals surface area contributed by atoms with E-state index in [9.17, 15) is 9.59 Å². The Hall–Kier alpha value is -3.54. The number of H-pyrrole nitrogens is 1. The first-order valence-electron chi connectivity index (χ1n) is 13.9. The molecular weight excluding hydrogens is 557 g/mol. The smallest absolute Gasteiger partial charge is 0.411 e. The number of amides is 2. The van der Waals surface area contributed by atoms with E-state index >= 15 is 0 Å². The fourth-order valence-electron chi connectivity index (χ4n) is 5.99. The topological polar surface area (TPSA) is 94.7 Å². The number of thioether (sulfide) groups is 1. The number of nitrogens with one attached hydrogen (secondary N) is 1. The maximum atomic E-state index is 13.1. The number of aromatic nitrogens is 3. The number of fused-ring (bicyclic) bond motifs is 3. The number of benzene rings is 3. The van der Waals surface area contributed by atoms with E-state index in [0.29, 0.717) is 30.2 Å². The Kier molecular flexibility index (Phi) is 7.09. The first-order chi connectivity index (χ1) is 20.0. The molecule has 0 saturated carbocycles. The highest BCUT2D eigenvalue weighted by Gasteiger charge is 2.33. The lowest BCUT2D eigenvalue weighted by Gasteiger charge is -2.42. The molecule has 2 bridgehead atoms. The molecule has 3 aliphatic heterocycles. The molecule has 2 fully saturated rings. The highest BCUT2D eigenvalue weighted by Crippen LogP contribution is 2.46. The van der Waals surface area contributed by atoms with E-state index in [1.165, 1.54) is 0 Å². The Morgan fingerprint density at radius 3 is 2.46 bits per heavy atom. The first kappa shape index (κ1) is 26.4. The van der Waals surface area contributed by atoms with Crippen molar-refractivity contribution in [3.05, 3.63) is 71.8 Å². The van der Waals surface area contributed by atoms with E-state index in [1.807, 2.05) is 40.1 Å². The monoisotopic (exact) mass is 586 g/mol. The summed E-state index contributed by atoms with van der Waals surface area (Å²) in [6.07, 6.45) is 1.60. The minimum atomic E-state index is -0.324. The van der Waals surface area contributed by atoms with Gasteiger partial charge in [0.25, 0.3) is 5.91 Å². The number of hydrogen-bond acceptors (Lipinski definition) is 8. The van der Waals surface area contributed by atoms with Crippen LogP contribution in [0.4, 0.5) is 4.79 Å². The first-order valence-corrected chi connectivity index (χ1v) is 15.2. The molecule has 210 valence electrons. The number of aromatic amines is 1. The van der Waals surface area contributed by atoms with E-state index in [0.717, 1.165) is 71.0 Å². The van der Waals surface area contributed by atoms with Crippen molar-refractivity contribution in [2.45, 2.75) is 34.1 Å². The summed E-state index contributed by atoms with van der Waals surface area (Å²) < 4.78 is 5.97. The number of hydrogen-bond donors (Lipinski definition) is 2. The summed E-state index contributed by atoms with van der Waals surface area (Å²) in [6.45, 7) is 4.36. The molecule has 9 nitrogen and oxygen atoms in total. The number of carbonyl (C=O) groups is 2. The van der Waals surface area contributed by atoms with Gasteiger partial charge in [-0.15, -0.1) is 12.6 Å². The third-order valence-electron chi connectivity index (χ3n) is 8.24. The van der Waals surface area contributed by atoms with Gasteiger partial charge < -0.3 is 14.5 Å². The lowest BCUT2D eigenvalue weighted by molar-refractivity contribution is 0.0387. The number of piperidine rings is 1. The quantitative estimate of drug-likeness (QED) is 0.322. The molecule has 3 aromatic carbocycles. The Bertz CT molecular complexity index is 1610. The van der Waals surface area contributed by atoms with Crippen LogP contribution in [0.1, 0.15) is 34.2 Å². The van der Waals surface area contributed by atoms with Crippen LogP contribution in [-0.4, -0.2) is 87.4 Å². The zero-order chi connectivity index (χ0) is 27.9. The molecule has 4 aromatic rings. The van der Waals surface area contributed by atoms with Gasteiger partial charge in [-0.05, 0) is 72.5 Å². The van der Waals surface area contributed by atoms with Crippen molar-refractivity contribution in [2.75, 3.05) is 39.3 Å². The van der Waals surface area contributed by atoms with Gasteiger partial charge in [0.05, 0.1) is 0 Å². The number of ether oxygens (including phenoxy) is 1. The predicted octanol–water partition coefficient (Wildman–Crippen LogP) is 5.08. The van der Waals surface area contributed by atoms with Crippen molar-refractivity contribution < 1.29 is 14.3 Å². The van der Waals surface area contributed by atoms with E-state index < -0.39 is 0 Å². The highest BCUT2D eigenvalue weighted by molar-refractivity contribution is 7.99. The number of piperazine rings is 1. The molecule has 3 aliphatic rings. The SMILES string of the molecule is O=C(OC1Sc2cc(-c3cccc(S)c3)cc1c2)N1CCN(C2CCN(C(=O)c3ccc4n[nH]nc4c3)CC2)CC1. The fraction of sp³-hybridized carbons (Fsp3) is 0.333. The van der Waals surface area contributed by atoms with Gasteiger partial charge in [-0.1, -0.05) is 23.9 Å². The minimum absolute atomic E-state index is 0.0401. The third kappa shape index (κ3) is 5.41. The molecule has 2 amide bonds. The van der Waals surface area contributed by atoms with Crippen LogP contribution in [-0.2, 0) is 4.74 Å². The molecule has 7 rings (SSSR count). The van der Waals surface area contributed by atoms with Crippen LogP contribution in [0, 0.1) is 0 Å². The lowest BCUT2D eigenvalue weighted by Crippen LogP contribution is -2.54. The number of rotatable bonds is 4. The van der Waals surface area contributed by atoms with Crippen LogP contribution in [0.25, 0.3) is 22.2 Å². The summed E-state index contributed by atoms with van der Waals surface area (Å²) in [5.41, 5.74) is 5.00. The zero-order valence-electron chi connectivity index (χ0n) is 22.4. The predicted molar refractivity (Wildman–Crippen MR) is 160 cm³/mol. The second kappa shape index (κ2) is 11.0. The van der Waals surface area contributed by atoms with Gasteiger partial charge in [0.2, 0.25) is 0 Å². The van der Waals surface area contributed by atoms with Gasteiger partial charge in [0, 0.05) is 66.2 Å². The number of nitrogens with zero attached hydrogens (tertiary/aromatic N) is 5. The van der Waals surface area contributed by atoms with Gasteiger partial charge in [-0.2, -0.15) is 15.4 Å². The zero-order valence-corrected chi connectivity index (χ0v) is 24.1. The number of thiol groups is 1. The van der Waals surface area contributed by atoms with Crippen LogP contribution in [0.5, 0.6) is 0 Å². The van der Waals surface area contributed by atoms with Crippen molar-refractivity contribution in [3.8, 4) is 11.1 Å². The molecule has 0 aliphatic carbocycles. The summed E-state index contributed by atoms with van der Waals surface area (Å²) in [6, 6.07) is 20.3. The summed E-state index contributed by atoms with van der Waals surface area (Å²) in [7, 11) is 0. The third-order valence-corrected chi connectivity index (χ3v) is 9.60. The van der Waals surface area contributed by atoms with Crippen LogP contribution >= 0.6 is 24.4 Å². The normalized spacial score (nSPS) is 19.6. The molecule has 1 unspecified atom stereocenters. The molecule has 1 atom stereocenters. The average Bonchev–Trinajstić information content (AvgIpc) is 3.59. The van der Waals surface area contributed by atoms with Gasteiger partial charge in [-0.3, -0.25) is 9.69 Å². The number of likely N-dealkylation sites (tertiary alicyclic amines) is 1. The molecule has 41 heavy (non-hydrogen) atoms. The van der Waals surface area contributed by atoms with Gasteiger partial charge >= 0.3 is 6.09 Å². The molecule has 1 N–H and O–H groups in total. The number of carbonyl (C=O) groups excluding carboxylic acids is 2. The van der Waals surface area contributed by atoms with E-state index in [4.69, 9.17) is 4.74 Å². The molecule has 0 radical (unpaired) electrons. The van der Waals surface area contributed by atoms with Crippen molar-refractivity contribution in [1.82, 2.24) is 30.1 Å². The van der Waals surface area contributed by atoms with Crippen LogP contribution in [0.3, 0.4) is 0 Å². The van der Waals surface area contributed by atoms with Crippen LogP contribution < -0.4 is 0 Å². The highest BCUT2D eigenvalue weighted by atomic mass is 32.2. The van der Waals surface area contributed by atoms with E-state index in [2.05, 4.69) is 57.2 Å². The van der Waals surface area contributed by atoms with Gasteiger partial charge in [0.15, 0.2) is 5.44 Å². The minimum Gasteiger partial charge on any atom is -0.430 e. The summed E-state index contributed by atoms with van der Waals surface area (Å²) >= 11 is 6.04. The second-order valence-corrected chi connectivity index (χ2v) is 12.4. The average molecular weight is 587 g/mol. The summed E-state index contributed by atoms with van der Waals surface area (Å²) in [4.78, 5) is 34.4. The Labute approximate surface area is 247 Å². The Morgan fingerprint density at radius 2 is 1.66 bits per heavy atom. The standard InChI is InChI=1S/C30H30N6O3S2/c37-28(20-4-5-26-27(18-20)32-33-31-26)35-8-6-23(7-9-35)34-10-12-36(13-11-34)30(38)39-29-22-14-21(16-25(17-22)41-29)19-2-1-3-24(40)15-19/h1-5,14-18,23,29,40H,6-13H2,(H,31,32,33). The van der Waals surface area contributed by atoms with Crippen molar-refractivity contribution >= 4 is 47.4 Å². The molecule has 2 saturated heterocycles. The maximum Gasteiger partial charge on any atom is 0.411 e. The van der Waals surface area contributed by atoms with Crippen LogP contribution in [0.15, 0.2) is 70.5 Å². The molecule has 11 heteroatoms. The Morgan fingerprint density at radius 1 is 0.854 bits per heavy atom. The second-order valence-electron chi connectivity index (χ2n) is 10.7. The Balaban J connectivity index is 0.896.